The smallest absolute Gasteiger partial charge is 0.273 e. The summed E-state index contributed by atoms with van der Waals surface area (Å²) in [5.74, 6) is 0.825. The molecule has 100 valence electrons. The van der Waals surface area contributed by atoms with Crippen molar-refractivity contribution in [2.45, 2.75) is 24.8 Å². The first-order chi connectivity index (χ1) is 9.20. The Balaban J connectivity index is 1.99. The van der Waals surface area contributed by atoms with Gasteiger partial charge in [0.25, 0.3) is 5.91 Å². The Kier molecular flexibility index (Phi) is 4.57. The fourth-order valence-corrected chi connectivity index (χ4v) is 2.35. The molecule has 0 aliphatic rings. The van der Waals surface area contributed by atoms with Crippen molar-refractivity contribution in [3.63, 3.8) is 0 Å². The number of rotatable bonds is 5. The Hall–Kier alpha value is -1.82. The predicted octanol–water partition coefficient (Wildman–Crippen LogP) is 2.41. The van der Waals surface area contributed by atoms with Crippen molar-refractivity contribution < 1.29 is 4.79 Å². The second kappa shape index (κ2) is 6.38. The van der Waals surface area contributed by atoms with Gasteiger partial charge in [0.15, 0.2) is 5.69 Å². The van der Waals surface area contributed by atoms with E-state index in [-0.39, 0.29) is 11.9 Å². The number of benzene rings is 1. The van der Waals surface area contributed by atoms with Crippen LogP contribution in [0.1, 0.15) is 35.9 Å². The summed E-state index contributed by atoms with van der Waals surface area (Å²) < 4.78 is 0. The molecule has 19 heavy (non-hydrogen) atoms. The van der Waals surface area contributed by atoms with Gasteiger partial charge in [0.1, 0.15) is 0 Å². The highest BCUT2D eigenvalue weighted by atomic mass is 32.2. The molecule has 0 radical (unpaired) electrons. The van der Waals surface area contributed by atoms with E-state index < -0.39 is 0 Å². The zero-order valence-corrected chi connectivity index (χ0v) is 11.7. The van der Waals surface area contributed by atoms with Crippen molar-refractivity contribution >= 4 is 17.7 Å². The second-order valence-electron chi connectivity index (χ2n) is 4.05. The molecule has 2 N–H and O–H groups in total. The molecule has 1 aromatic carbocycles. The molecule has 0 bridgehead atoms. The summed E-state index contributed by atoms with van der Waals surface area (Å²) in [5, 5.41) is 12.7. The zero-order valence-electron chi connectivity index (χ0n) is 10.9. The Labute approximate surface area is 116 Å². The first-order valence-electron chi connectivity index (χ1n) is 6.10. The number of hydrogen-bond acceptors (Lipinski definition) is 4. The van der Waals surface area contributed by atoms with Crippen LogP contribution in [0.15, 0.2) is 35.4 Å². The first kappa shape index (κ1) is 13.6. The maximum atomic E-state index is 11.8. The zero-order chi connectivity index (χ0) is 13.7. The molecule has 1 heterocycles. The third-order valence-electron chi connectivity index (χ3n) is 2.69. The predicted molar refractivity (Wildman–Crippen MR) is 75.1 cm³/mol. The van der Waals surface area contributed by atoms with Gasteiger partial charge in [-0.2, -0.15) is 15.4 Å². The summed E-state index contributed by atoms with van der Waals surface area (Å²) in [6, 6.07) is 8.15. The van der Waals surface area contributed by atoms with Gasteiger partial charge < -0.3 is 5.32 Å². The number of nitrogens with one attached hydrogen (secondary N) is 2. The van der Waals surface area contributed by atoms with Crippen molar-refractivity contribution in [2.75, 3.05) is 5.75 Å². The van der Waals surface area contributed by atoms with Crippen molar-refractivity contribution in [1.82, 2.24) is 20.7 Å². The van der Waals surface area contributed by atoms with Gasteiger partial charge >= 0.3 is 0 Å². The minimum Gasteiger partial charge on any atom is -0.344 e. The molecule has 6 heteroatoms. The third kappa shape index (κ3) is 3.57. The van der Waals surface area contributed by atoms with E-state index in [1.807, 2.05) is 19.1 Å². The fourth-order valence-electron chi connectivity index (χ4n) is 1.68. The molecule has 2 rings (SSSR count). The van der Waals surface area contributed by atoms with Gasteiger partial charge in [0.05, 0.1) is 12.2 Å². The highest BCUT2D eigenvalue weighted by Gasteiger charge is 2.13. The summed E-state index contributed by atoms with van der Waals surface area (Å²) in [6.07, 6.45) is 1.41. The quantitative estimate of drug-likeness (QED) is 0.823. The molecule has 0 aliphatic heterocycles. The van der Waals surface area contributed by atoms with Crippen LogP contribution in [0.4, 0.5) is 0 Å². The molecule has 0 fully saturated rings. The van der Waals surface area contributed by atoms with E-state index in [1.165, 1.54) is 11.1 Å². The number of aromatic amines is 1. The van der Waals surface area contributed by atoms with E-state index in [4.69, 9.17) is 0 Å². The first-order valence-corrected chi connectivity index (χ1v) is 7.08. The number of amides is 1. The van der Waals surface area contributed by atoms with Crippen LogP contribution in [-0.4, -0.2) is 27.1 Å². The van der Waals surface area contributed by atoms with Crippen molar-refractivity contribution in [3.05, 3.63) is 41.7 Å². The highest BCUT2D eigenvalue weighted by Crippen LogP contribution is 2.20. The molecule has 1 atom stereocenters. The lowest BCUT2D eigenvalue weighted by atomic mass is 10.1. The van der Waals surface area contributed by atoms with E-state index in [0.717, 1.165) is 11.3 Å². The van der Waals surface area contributed by atoms with Crippen molar-refractivity contribution in [3.8, 4) is 0 Å². The second-order valence-corrected chi connectivity index (χ2v) is 5.39. The topological polar surface area (TPSA) is 70.7 Å². The van der Waals surface area contributed by atoms with Crippen LogP contribution in [0.3, 0.4) is 0 Å². The number of hydrogen-bond donors (Lipinski definition) is 2. The minimum absolute atomic E-state index is 0.0649. The van der Waals surface area contributed by atoms with E-state index >= 15 is 0 Å². The van der Waals surface area contributed by atoms with Crippen LogP contribution in [0.5, 0.6) is 0 Å². The minimum atomic E-state index is -0.228. The van der Waals surface area contributed by atoms with Crippen LogP contribution in [-0.2, 0) is 0 Å². The molecule has 1 aromatic heterocycles. The molecule has 2 aromatic rings. The molecule has 0 saturated carbocycles. The molecular weight excluding hydrogens is 260 g/mol. The van der Waals surface area contributed by atoms with Gasteiger partial charge in [0, 0.05) is 4.90 Å². The van der Waals surface area contributed by atoms with Crippen LogP contribution in [0.2, 0.25) is 0 Å². The summed E-state index contributed by atoms with van der Waals surface area (Å²) in [6.45, 7) is 4.07. The Morgan fingerprint density at radius 2 is 2.16 bits per heavy atom. The summed E-state index contributed by atoms with van der Waals surface area (Å²) >= 11 is 1.80. The lowest BCUT2D eigenvalue weighted by molar-refractivity contribution is 0.0935. The third-order valence-corrected chi connectivity index (χ3v) is 3.58. The number of aromatic nitrogens is 3. The highest BCUT2D eigenvalue weighted by molar-refractivity contribution is 7.99. The fraction of sp³-hybridized carbons (Fsp3) is 0.308. The van der Waals surface area contributed by atoms with Crippen LogP contribution >= 0.6 is 11.8 Å². The standard InChI is InChI=1S/C13H16N4OS/c1-3-19-11-6-4-10(5-7-11)9(2)15-13(18)12-8-14-17-16-12/h4-9H,3H2,1-2H3,(H,15,18)(H,14,16,17). The van der Waals surface area contributed by atoms with Crippen LogP contribution in [0.25, 0.3) is 0 Å². The van der Waals surface area contributed by atoms with Gasteiger partial charge in [-0.1, -0.05) is 19.1 Å². The van der Waals surface area contributed by atoms with Gasteiger partial charge in [0.2, 0.25) is 0 Å². The lowest BCUT2D eigenvalue weighted by Crippen LogP contribution is -2.26. The number of carbonyl (C=O) groups excluding carboxylic acids is 1. The van der Waals surface area contributed by atoms with Gasteiger partial charge in [-0.05, 0) is 30.4 Å². The number of nitrogens with zero attached hydrogens (tertiary/aromatic N) is 2. The molecule has 1 amide bonds. The average molecular weight is 276 g/mol. The maximum absolute atomic E-state index is 11.8. The monoisotopic (exact) mass is 276 g/mol. The lowest BCUT2D eigenvalue weighted by Gasteiger charge is -2.13. The Morgan fingerprint density at radius 1 is 1.42 bits per heavy atom. The SMILES string of the molecule is CCSc1ccc(C(C)NC(=O)c2cn[nH]n2)cc1. The Bertz CT molecular complexity index is 524. The van der Waals surface area contributed by atoms with Gasteiger partial charge in [-0.25, -0.2) is 0 Å². The molecular formula is C13H16N4OS. The van der Waals surface area contributed by atoms with Gasteiger partial charge in [-0.15, -0.1) is 11.8 Å². The molecule has 5 nitrogen and oxygen atoms in total. The number of H-pyrrole nitrogens is 1. The molecule has 1 unspecified atom stereocenters. The molecule has 0 saturated heterocycles. The van der Waals surface area contributed by atoms with Gasteiger partial charge in [-0.3, -0.25) is 4.79 Å². The Morgan fingerprint density at radius 3 is 2.74 bits per heavy atom. The number of thioether (sulfide) groups is 1. The van der Waals surface area contributed by atoms with Crippen LogP contribution < -0.4 is 5.32 Å². The van der Waals surface area contributed by atoms with E-state index in [9.17, 15) is 4.79 Å². The normalized spacial score (nSPS) is 12.1. The number of carbonyl (C=O) groups is 1. The van der Waals surface area contributed by atoms with E-state index in [1.54, 1.807) is 11.8 Å². The van der Waals surface area contributed by atoms with Crippen molar-refractivity contribution in [1.29, 1.82) is 0 Å². The molecule has 0 aliphatic carbocycles. The molecule has 0 spiro atoms. The largest absolute Gasteiger partial charge is 0.344 e. The van der Waals surface area contributed by atoms with Crippen LogP contribution in [0, 0.1) is 0 Å². The summed E-state index contributed by atoms with van der Waals surface area (Å²) in [5.41, 5.74) is 1.36. The summed E-state index contributed by atoms with van der Waals surface area (Å²) in [7, 11) is 0. The van der Waals surface area contributed by atoms with E-state index in [2.05, 4.69) is 39.8 Å². The summed E-state index contributed by atoms with van der Waals surface area (Å²) in [4.78, 5) is 13.1. The van der Waals surface area contributed by atoms with E-state index in [0.29, 0.717) is 5.69 Å². The maximum Gasteiger partial charge on any atom is 0.273 e. The average Bonchev–Trinajstić information content (AvgIpc) is 2.94. The van der Waals surface area contributed by atoms with Crippen molar-refractivity contribution in [2.24, 2.45) is 0 Å².